The molecule has 0 aliphatic rings. The van der Waals surface area contributed by atoms with Gasteiger partial charge in [0, 0.05) is 0 Å². The summed E-state index contributed by atoms with van der Waals surface area (Å²) in [5, 5.41) is 4.38. The second-order valence-corrected chi connectivity index (χ2v) is 4.95. The van der Waals surface area contributed by atoms with Gasteiger partial charge in [-0.1, -0.05) is 41.4 Å². The maximum absolute atomic E-state index is 13.8. The number of hydrogen-bond acceptors (Lipinski definition) is 3. The van der Waals surface area contributed by atoms with Crippen molar-refractivity contribution in [3.8, 4) is 17.1 Å². The maximum atomic E-state index is 13.8. The highest BCUT2D eigenvalue weighted by Gasteiger charge is 2.19. The van der Waals surface area contributed by atoms with Gasteiger partial charge in [-0.3, -0.25) is 0 Å². The van der Waals surface area contributed by atoms with Crippen molar-refractivity contribution in [3.05, 3.63) is 68.9 Å². The van der Waals surface area contributed by atoms with E-state index in [1.54, 1.807) is 24.3 Å². The van der Waals surface area contributed by atoms with Gasteiger partial charge in [-0.05, 0) is 24.3 Å². The average Bonchev–Trinajstić information content (AvgIpc) is 2.81. The lowest BCUT2D eigenvalue weighted by Gasteiger charge is -2.01. The molecular weight excluding hydrogens is 318 g/mol. The molecule has 2 aromatic carbocycles. The van der Waals surface area contributed by atoms with Crippen LogP contribution in [0.25, 0.3) is 17.1 Å². The predicted molar refractivity (Wildman–Crippen MR) is 77.5 cm³/mol. The summed E-state index contributed by atoms with van der Waals surface area (Å²) in [5.41, 5.74) is 0.272. The molecule has 0 saturated heterocycles. The molecule has 0 fully saturated rings. The van der Waals surface area contributed by atoms with Gasteiger partial charge in [0.25, 0.3) is 5.89 Å². The first kappa shape index (κ1) is 13.9. The molecule has 4 nitrogen and oxygen atoms in total. The van der Waals surface area contributed by atoms with Gasteiger partial charge in [0.2, 0.25) is 0 Å². The minimum Gasteiger partial charge on any atom is -0.387 e. The standard InChI is InChI=1S/C14H7Cl2FN2O2/c15-8-4-1-2-7-11(8)19-14(20)21-13(18-19)12-9(16)5-3-6-10(12)17/h1-7H. The molecule has 21 heavy (non-hydrogen) atoms. The number of benzene rings is 2. The highest BCUT2D eigenvalue weighted by Crippen LogP contribution is 2.29. The molecule has 0 unspecified atom stereocenters. The summed E-state index contributed by atoms with van der Waals surface area (Å²) in [6.07, 6.45) is 0. The van der Waals surface area contributed by atoms with Crippen LogP contribution in [0.15, 0.2) is 51.7 Å². The SMILES string of the molecule is O=c1oc(-c2c(F)cccc2Cl)nn1-c1ccccc1Cl. The summed E-state index contributed by atoms with van der Waals surface area (Å²) in [6.45, 7) is 0. The highest BCUT2D eigenvalue weighted by atomic mass is 35.5. The summed E-state index contributed by atoms with van der Waals surface area (Å²) < 4.78 is 19.8. The van der Waals surface area contributed by atoms with Crippen molar-refractivity contribution in [3.63, 3.8) is 0 Å². The fourth-order valence-corrected chi connectivity index (χ4v) is 2.32. The molecule has 0 aliphatic carbocycles. The van der Waals surface area contributed by atoms with E-state index >= 15 is 0 Å². The molecule has 1 aromatic heterocycles. The van der Waals surface area contributed by atoms with Gasteiger partial charge >= 0.3 is 5.76 Å². The lowest BCUT2D eigenvalue weighted by molar-refractivity contribution is 0.511. The number of para-hydroxylation sites is 1. The minimum absolute atomic E-state index is 0.0675. The Labute approximate surface area is 128 Å². The van der Waals surface area contributed by atoms with Crippen LogP contribution in [0.2, 0.25) is 10.0 Å². The van der Waals surface area contributed by atoms with Crippen molar-refractivity contribution >= 4 is 23.2 Å². The van der Waals surface area contributed by atoms with Gasteiger partial charge < -0.3 is 4.42 Å². The Hall–Kier alpha value is -2.11. The molecule has 106 valence electrons. The summed E-state index contributed by atoms with van der Waals surface area (Å²) in [5.74, 6) is -1.62. The number of nitrogens with zero attached hydrogens (tertiary/aromatic N) is 2. The van der Waals surface area contributed by atoms with Crippen LogP contribution in [-0.4, -0.2) is 9.78 Å². The molecule has 0 N–H and O–H groups in total. The van der Waals surface area contributed by atoms with Gasteiger partial charge in [0.05, 0.1) is 21.3 Å². The van der Waals surface area contributed by atoms with Crippen molar-refractivity contribution in [1.29, 1.82) is 0 Å². The first-order valence-electron chi connectivity index (χ1n) is 5.87. The van der Waals surface area contributed by atoms with Crippen LogP contribution >= 0.6 is 23.2 Å². The second kappa shape index (κ2) is 5.35. The molecule has 0 spiro atoms. The van der Waals surface area contributed by atoms with Gasteiger partial charge in [0.15, 0.2) is 0 Å². The van der Waals surface area contributed by atoms with E-state index in [0.29, 0.717) is 10.7 Å². The molecule has 0 amide bonds. The van der Waals surface area contributed by atoms with Gasteiger partial charge in [-0.25, -0.2) is 9.18 Å². The van der Waals surface area contributed by atoms with E-state index in [9.17, 15) is 9.18 Å². The fourth-order valence-electron chi connectivity index (χ4n) is 1.86. The molecule has 0 bridgehead atoms. The zero-order valence-corrected chi connectivity index (χ0v) is 11.9. The van der Waals surface area contributed by atoms with Crippen LogP contribution < -0.4 is 5.76 Å². The average molecular weight is 325 g/mol. The van der Waals surface area contributed by atoms with E-state index in [1.165, 1.54) is 18.2 Å². The van der Waals surface area contributed by atoms with Crippen molar-refractivity contribution < 1.29 is 8.81 Å². The summed E-state index contributed by atoms with van der Waals surface area (Å²) in [7, 11) is 0. The van der Waals surface area contributed by atoms with Crippen molar-refractivity contribution in [2.45, 2.75) is 0 Å². The Balaban J connectivity index is 2.20. The van der Waals surface area contributed by atoms with Crippen LogP contribution in [0.1, 0.15) is 0 Å². The molecular formula is C14H7Cl2FN2O2. The van der Waals surface area contributed by atoms with E-state index in [4.69, 9.17) is 27.6 Å². The predicted octanol–water partition coefficient (Wildman–Crippen LogP) is 3.94. The Morgan fingerprint density at radius 1 is 1.05 bits per heavy atom. The smallest absolute Gasteiger partial charge is 0.387 e. The molecule has 3 aromatic rings. The summed E-state index contributed by atoms with van der Waals surface area (Å²) in [4.78, 5) is 11.9. The van der Waals surface area contributed by atoms with E-state index in [-0.39, 0.29) is 16.5 Å². The molecule has 0 aliphatic heterocycles. The molecule has 1 heterocycles. The molecule has 7 heteroatoms. The maximum Gasteiger partial charge on any atom is 0.442 e. The molecule has 3 rings (SSSR count). The van der Waals surface area contributed by atoms with E-state index in [0.717, 1.165) is 4.68 Å². The van der Waals surface area contributed by atoms with Gasteiger partial charge in [-0.15, -0.1) is 5.10 Å². The van der Waals surface area contributed by atoms with Crippen molar-refractivity contribution in [2.24, 2.45) is 0 Å². The van der Waals surface area contributed by atoms with E-state index < -0.39 is 11.6 Å². The van der Waals surface area contributed by atoms with E-state index in [1.807, 2.05) is 0 Å². The minimum atomic E-state index is -0.780. The third-order valence-electron chi connectivity index (χ3n) is 2.81. The number of rotatable bonds is 2. The third-order valence-corrected chi connectivity index (χ3v) is 3.44. The zero-order chi connectivity index (χ0) is 15.0. The molecule has 0 saturated carbocycles. The lowest BCUT2D eigenvalue weighted by Crippen LogP contribution is -2.13. The van der Waals surface area contributed by atoms with Crippen LogP contribution in [0.3, 0.4) is 0 Å². The van der Waals surface area contributed by atoms with Crippen LogP contribution in [-0.2, 0) is 0 Å². The first-order valence-corrected chi connectivity index (χ1v) is 6.63. The monoisotopic (exact) mass is 324 g/mol. The van der Waals surface area contributed by atoms with Crippen LogP contribution in [0, 0.1) is 5.82 Å². The van der Waals surface area contributed by atoms with Crippen LogP contribution in [0.4, 0.5) is 4.39 Å². The number of aromatic nitrogens is 2. The Kier molecular flexibility index (Phi) is 3.53. The number of hydrogen-bond donors (Lipinski definition) is 0. The topological polar surface area (TPSA) is 48.0 Å². The second-order valence-electron chi connectivity index (χ2n) is 4.13. The summed E-state index contributed by atoms with van der Waals surface area (Å²) >= 11 is 11.9. The third kappa shape index (κ3) is 2.46. The summed E-state index contributed by atoms with van der Waals surface area (Å²) in [6, 6.07) is 10.7. The van der Waals surface area contributed by atoms with Crippen molar-refractivity contribution in [1.82, 2.24) is 9.78 Å². The quantitative estimate of drug-likeness (QED) is 0.717. The highest BCUT2D eigenvalue weighted by molar-refractivity contribution is 6.33. The number of halogens is 3. The Morgan fingerprint density at radius 3 is 2.48 bits per heavy atom. The first-order chi connectivity index (χ1) is 10.1. The normalized spacial score (nSPS) is 10.8. The fraction of sp³-hybridized carbons (Fsp3) is 0. The van der Waals surface area contributed by atoms with Gasteiger partial charge in [-0.2, -0.15) is 4.68 Å². The van der Waals surface area contributed by atoms with Gasteiger partial charge in [0.1, 0.15) is 5.82 Å². The zero-order valence-electron chi connectivity index (χ0n) is 10.4. The molecule has 0 atom stereocenters. The largest absolute Gasteiger partial charge is 0.442 e. The lowest BCUT2D eigenvalue weighted by atomic mass is 10.2. The van der Waals surface area contributed by atoms with E-state index in [2.05, 4.69) is 5.10 Å². The van der Waals surface area contributed by atoms with Crippen molar-refractivity contribution in [2.75, 3.05) is 0 Å². The van der Waals surface area contributed by atoms with Crippen LogP contribution in [0.5, 0.6) is 0 Å². The Morgan fingerprint density at radius 2 is 1.76 bits per heavy atom. The molecule has 0 radical (unpaired) electrons. The Bertz CT molecular complexity index is 853.